The predicted octanol–water partition coefficient (Wildman–Crippen LogP) is 15.4. The van der Waals surface area contributed by atoms with Gasteiger partial charge in [-0.05, 0) is 110 Å². The molecule has 1 aliphatic rings. The maximum absolute atomic E-state index is 5.23. The van der Waals surface area contributed by atoms with Gasteiger partial charge in [-0.25, -0.2) is 9.97 Å². The van der Waals surface area contributed by atoms with Gasteiger partial charge in [-0.3, -0.25) is 0 Å². The van der Waals surface area contributed by atoms with E-state index >= 15 is 0 Å². The van der Waals surface area contributed by atoms with E-state index in [1.165, 1.54) is 71.5 Å². The number of fused-ring (bicyclic) bond motifs is 7. The molecular formula is C59H41N3. The van der Waals surface area contributed by atoms with Gasteiger partial charge in [-0.1, -0.05) is 172 Å². The number of hydrogen-bond donors (Lipinski definition) is 0. The standard InChI is InChI=1S/C59H41N3/c1-59(2)51-25-14-24-47(57(51)50-35-41-17-9-10-18-42(41)36-52(50)59)44-19-13-20-45(33-44)54-37-53(60-58(61-54)40-15-5-3-6-16-40)39-29-27-38(28-30-39)43-31-32-56-49(34-43)48-23-11-12-26-55(48)62(56)46-21-7-4-8-22-46/h3-37H,1-2H3. The number of aromatic nitrogens is 3. The molecule has 0 N–H and O–H groups in total. The molecule has 0 fully saturated rings. The Kier molecular flexibility index (Phi) is 8.20. The molecule has 62 heavy (non-hydrogen) atoms. The van der Waals surface area contributed by atoms with Crippen LogP contribution in [0.25, 0.3) is 106 Å². The molecular weight excluding hydrogens is 751 g/mol. The summed E-state index contributed by atoms with van der Waals surface area (Å²) in [4.78, 5) is 10.4. The van der Waals surface area contributed by atoms with Crippen LogP contribution in [-0.2, 0) is 5.41 Å². The SMILES string of the molecule is CC1(C)c2cc3ccccc3cc2-c2c(-c3cccc(-c4cc(-c5ccc(-c6ccc7c(c6)c6ccccc6n7-c6ccccc6)cc5)nc(-c5ccccc5)n4)c3)cccc21. The highest BCUT2D eigenvalue weighted by atomic mass is 15.0. The van der Waals surface area contributed by atoms with E-state index in [-0.39, 0.29) is 5.41 Å². The van der Waals surface area contributed by atoms with Gasteiger partial charge in [0.25, 0.3) is 0 Å². The first-order valence-electron chi connectivity index (χ1n) is 21.4. The predicted molar refractivity (Wildman–Crippen MR) is 259 cm³/mol. The Morgan fingerprint density at radius 3 is 1.79 bits per heavy atom. The minimum atomic E-state index is -0.112. The van der Waals surface area contributed by atoms with Gasteiger partial charge < -0.3 is 4.57 Å². The molecule has 0 amide bonds. The van der Waals surface area contributed by atoms with Gasteiger partial charge in [0.05, 0.1) is 22.4 Å². The monoisotopic (exact) mass is 791 g/mol. The summed E-state index contributed by atoms with van der Waals surface area (Å²) in [5, 5.41) is 5.03. The third-order valence-corrected chi connectivity index (χ3v) is 13.0. The summed E-state index contributed by atoms with van der Waals surface area (Å²) < 4.78 is 2.36. The molecule has 0 saturated heterocycles. The van der Waals surface area contributed by atoms with E-state index in [0.29, 0.717) is 5.82 Å². The first-order chi connectivity index (χ1) is 30.5. The lowest BCUT2D eigenvalue weighted by molar-refractivity contribution is 0.661. The van der Waals surface area contributed by atoms with Crippen LogP contribution in [0.1, 0.15) is 25.0 Å². The molecule has 0 saturated carbocycles. The number of para-hydroxylation sites is 2. The van der Waals surface area contributed by atoms with Crippen LogP contribution in [-0.4, -0.2) is 14.5 Å². The largest absolute Gasteiger partial charge is 0.309 e. The van der Waals surface area contributed by atoms with Crippen molar-refractivity contribution in [2.75, 3.05) is 0 Å². The van der Waals surface area contributed by atoms with E-state index in [4.69, 9.17) is 9.97 Å². The Labute approximate surface area is 361 Å². The first kappa shape index (κ1) is 36.0. The van der Waals surface area contributed by atoms with E-state index in [1.807, 2.05) is 18.2 Å². The van der Waals surface area contributed by atoms with E-state index in [2.05, 4.69) is 213 Å². The van der Waals surface area contributed by atoms with Crippen LogP contribution >= 0.6 is 0 Å². The average molecular weight is 792 g/mol. The van der Waals surface area contributed by atoms with E-state index in [0.717, 1.165) is 39.3 Å². The number of benzene rings is 9. The molecule has 1 aliphatic carbocycles. The summed E-state index contributed by atoms with van der Waals surface area (Å²) in [6, 6.07) is 76.6. The maximum Gasteiger partial charge on any atom is 0.160 e. The second-order valence-corrected chi connectivity index (χ2v) is 17.0. The molecule has 2 aromatic heterocycles. The van der Waals surface area contributed by atoms with Crippen LogP contribution in [0.15, 0.2) is 212 Å². The lowest BCUT2D eigenvalue weighted by Crippen LogP contribution is -2.14. The zero-order valence-electron chi connectivity index (χ0n) is 34.5. The van der Waals surface area contributed by atoms with Gasteiger partial charge in [0, 0.05) is 38.6 Å². The van der Waals surface area contributed by atoms with Gasteiger partial charge >= 0.3 is 0 Å². The van der Waals surface area contributed by atoms with Crippen molar-refractivity contribution in [1.29, 1.82) is 0 Å². The summed E-state index contributed by atoms with van der Waals surface area (Å²) in [5.41, 5.74) is 18.4. The maximum atomic E-state index is 5.23. The minimum Gasteiger partial charge on any atom is -0.309 e. The summed E-state index contributed by atoms with van der Waals surface area (Å²) in [5.74, 6) is 0.705. The minimum absolute atomic E-state index is 0.112. The van der Waals surface area contributed by atoms with Crippen molar-refractivity contribution in [1.82, 2.24) is 14.5 Å². The fourth-order valence-corrected chi connectivity index (χ4v) is 9.86. The van der Waals surface area contributed by atoms with Crippen LogP contribution in [0.3, 0.4) is 0 Å². The summed E-state index contributed by atoms with van der Waals surface area (Å²) >= 11 is 0. The lowest BCUT2D eigenvalue weighted by atomic mass is 9.81. The molecule has 11 aromatic rings. The van der Waals surface area contributed by atoms with Crippen LogP contribution in [0, 0.1) is 0 Å². The van der Waals surface area contributed by atoms with Crippen molar-refractivity contribution in [3.63, 3.8) is 0 Å². The zero-order chi connectivity index (χ0) is 41.4. The van der Waals surface area contributed by atoms with Gasteiger partial charge in [-0.2, -0.15) is 0 Å². The molecule has 292 valence electrons. The molecule has 0 aliphatic heterocycles. The van der Waals surface area contributed by atoms with Gasteiger partial charge in [-0.15, -0.1) is 0 Å². The van der Waals surface area contributed by atoms with Crippen molar-refractivity contribution in [2.24, 2.45) is 0 Å². The first-order valence-corrected chi connectivity index (χ1v) is 21.4. The normalized spacial score (nSPS) is 12.8. The highest BCUT2D eigenvalue weighted by Gasteiger charge is 2.37. The number of rotatable bonds is 6. The van der Waals surface area contributed by atoms with Crippen molar-refractivity contribution in [2.45, 2.75) is 19.3 Å². The summed E-state index contributed by atoms with van der Waals surface area (Å²) in [6.45, 7) is 4.72. The van der Waals surface area contributed by atoms with Gasteiger partial charge in [0.15, 0.2) is 5.82 Å². The lowest BCUT2D eigenvalue weighted by Gasteiger charge is -2.22. The van der Waals surface area contributed by atoms with Crippen molar-refractivity contribution in [3.05, 3.63) is 223 Å². The van der Waals surface area contributed by atoms with E-state index < -0.39 is 0 Å². The molecule has 0 bridgehead atoms. The average Bonchev–Trinajstić information content (AvgIpc) is 3.78. The molecule has 0 radical (unpaired) electrons. The Morgan fingerprint density at radius 2 is 0.984 bits per heavy atom. The Morgan fingerprint density at radius 1 is 0.371 bits per heavy atom. The van der Waals surface area contributed by atoms with Crippen molar-refractivity contribution in [3.8, 4) is 73.0 Å². The van der Waals surface area contributed by atoms with Gasteiger partial charge in [0.1, 0.15) is 0 Å². The fraction of sp³-hybridized carbons (Fsp3) is 0.0508. The van der Waals surface area contributed by atoms with E-state index in [9.17, 15) is 0 Å². The third kappa shape index (κ3) is 5.81. The quantitative estimate of drug-likeness (QED) is 0.168. The second kappa shape index (κ2) is 14.1. The molecule has 9 aromatic carbocycles. The molecule has 0 unspecified atom stereocenters. The topological polar surface area (TPSA) is 30.7 Å². The second-order valence-electron chi connectivity index (χ2n) is 17.0. The van der Waals surface area contributed by atoms with Crippen LogP contribution in [0.4, 0.5) is 0 Å². The highest BCUT2D eigenvalue weighted by molar-refractivity contribution is 6.10. The molecule has 0 spiro atoms. The molecule has 0 atom stereocenters. The summed E-state index contributed by atoms with van der Waals surface area (Å²) in [6.07, 6.45) is 0. The van der Waals surface area contributed by atoms with Crippen molar-refractivity contribution >= 4 is 32.6 Å². The van der Waals surface area contributed by atoms with E-state index in [1.54, 1.807) is 0 Å². The fourth-order valence-electron chi connectivity index (χ4n) is 9.86. The number of hydrogen-bond acceptors (Lipinski definition) is 2. The molecule has 12 rings (SSSR count). The zero-order valence-corrected chi connectivity index (χ0v) is 34.5. The van der Waals surface area contributed by atoms with Crippen molar-refractivity contribution < 1.29 is 0 Å². The molecule has 3 nitrogen and oxygen atoms in total. The van der Waals surface area contributed by atoms with Crippen LogP contribution in [0.5, 0.6) is 0 Å². The molecule has 2 heterocycles. The smallest absolute Gasteiger partial charge is 0.160 e. The third-order valence-electron chi connectivity index (χ3n) is 13.0. The Balaban J connectivity index is 0.942. The highest BCUT2D eigenvalue weighted by Crippen LogP contribution is 2.53. The van der Waals surface area contributed by atoms with Gasteiger partial charge in [0.2, 0.25) is 0 Å². The van der Waals surface area contributed by atoms with Crippen LogP contribution < -0.4 is 0 Å². The Hall–Kier alpha value is -7.88. The number of nitrogens with zero attached hydrogens (tertiary/aromatic N) is 3. The Bertz CT molecular complexity index is 3520. The van der Waals surface area contributed by atoms with Crippen LogP contribution in [0.2, 0.25) is 0 Å². The molecule has 3 heteroatoms. The summed E-state index contributed by atoms with van der Waals surface area (Å²) in [7, 11) is 0.